The van der Waals surface area contributed by atoms with E-state index in [0.29, 0.717) is 10.7 Å². The first-order chi connectivity index (χ1) is 8.90. The fourth-order valence-corrected chi connectivity index (χ4v) is 3.98. The van der Waals surface area contributed by atoms with Gasteiger partial charge in [-0.1, -0.05) is 35.3 Å². The van der Waals surface area contributed by atoms with Gasteiger partial charge >= 0.3 is 0 Å². The Morgan fingerprint density at radius 3 is 2.42 bits per heavy atom. The summed E-state index contributed by atoms with van der Waals surface area (Å²) in [5.41, 5.74) is 0.499. The highest BCUT2D eigenvalue weighted by molar-refractivity contribution is 14.1. The quantitative estimate of drug-likeness (QED) is 0.738. The van der Waals surface area contributed by atoms with Gasteiger partial charge in [-0.15, -0.1) is 0 Å². The van der Waals surface area contributed by atoms with Crippen LogP contribution in [-0.2, 0) is 10.0 Å². The van der Waals surface area contributed by atoms with E-state index >= 15 is 0 Å². The van der Waals surface area contributed by atoms with Crippen molar-refractivity contribution in [3.05, 3.63) is 56.1 Å². The molecular weight excluding hydrogens is 420 g/mol. The maximum Gasteiger partial charge on any atom is 0.263 e. The number of hydrogen-bond donors (Lipinski definition) is 1. The summed E-state index contributed by atoms with van der Waals surface area (Å²) in [6.07, 6.45) is 0. The molecule has 0 aliphatic rings. The zero-order chi connectivity index (χ0) is 14.0. The summed E-state index contributed by atoms with van der Waals surface area (Å²) in [6, 6.07) is 11.4. The summed E-state index contributed by atoms with van der Waals surface area (Å²) in [6.45, 7) is 0. The summed E-state index contributed by atoms with van der Waals surface area (Å²) >= 11 is 13.8. The monoisotopic (exact) mass is 427 g/mol. The van der Waals surface area contributed by atoms with E-state index in [2.05, 4.69) is 4.72 Å². The molecule has 0 saturated heterocycles. The van der Waals surface area contributed by atoms with Gasteiger partial charge in [0.25, 0.3) is 10.0 Å². The lowest BCUT2D eigenvalue weighted by atomic mass is 10.3. The van der Waals surface area contributed by atoms with Gasteiger partial charge < -0.3 is 0 Å². The second-order valence-electron chi connectivity index (χ2n) is 3.66. The second-order valence-corrected chi connectivity index (χ2v) is 7.32. The van der Waals surface area contributed by atoms with Gasteiger partial charge in [-0.25, -0.2) is 8.42 Å². The van der Waals surface area contributed by atoms with Crippen LogP contribution in [-0.4, -0.2) is 8.42 Å². The number of sulfonamides is 1. The molecule has 0 unspecified atom stereocenters. The Kier molecular flexibility index (Phi) is 4.60. The van der Waals surface area contributed by atoms with E-state index in [-0.39, 0.29) is 9.92 Å². The molecule has 19 heavy (non-hydrogen) atoms. The number of rotatable bonds is 3. The van der Waals surface area contributed by atoms with Gasteiger partial charge in [-0.2, -0.15) is 0 Å². The molecule has 2 aromatic carbocycles. The topological polar surface area (TPSA) is 46.2 Å². The van der Waals surface area contributed by atoms with E-state index in [1.807, 2.05) is 28.7 Å². The molecule has 0 saturated carbocycles. The zero-order valence-corrected chi connectivity index (χ0v) is 13.9. The average Bonchev–Trinajstić information content (AvgIpc) is 2.35. The first-order valence-corrected chi connectivity index (χ1v) is 8.44. The van der Waals surface area contributed by atoms with E-state index in [0.717, 1.165) is 3.57 Å². The van der Waals surface area contributed by atoms with Gasteiger partial charge in [0.05, 0.1) is 10.7 Å². The molecule has 2 rings (SSSR count). The predicted molar refractivity (Wildman–Crippen MR) is 86.4 cm³/mol. The SMILES string of the molecule is O=S(=O)(Nc1ccccc1I)c1cc(Cl)ccc1Cl. The fraction of sp³-hybridized carbons (Fsp3) is 0. The standard InChI is InChI=1S/C12H8Cl2INO2S/c13-8-5-6-9(14)12(7-8)19(17,18)16-11-4-2-1-3-10(11)15/h1-7,16H. The Balaban J connectivity index is 2.44. The maximum absolute atomic E-state index is 12.3. The van der Waals surface area contributed by atoms with E-state index in [1.165, 1.54) is 18.2 Å². The molecule has 100 valence electrons. The molecule has 0 heterocycles. The molecule has 0 bridgehead atoms. The lowest BCUT2D eigenvalue weighted by molar-refractivity contribution is 0.601. The normalized spacial score (nSPS) is 11.3. The van der Waals surface area contributed by atoms with E-state index in [1.54, 1.807) is 18.2 Å². The van der Waals surface area contributed by atoms with Crippen LogP contribution in [0.3, 0.4) is 0 Å². The van der Waals surface area contributed by atoms with Crippen LogP contribution in [0.4, 0.5) is 5.69 Å². The van der Waals surface area contributed by atoms with E-state index in [9.17, 15) is 8.42 Å². The summed E-state index contributed by atoms with van der Waals surface area (Å²) < 4.78 is 27.8. The van der Waals surface area contributed by atoms with Crippen LogP contribution in [0.1, 0.15) is 0 Å². The van der Waals surface area contributed by atoms with Crippen molar-refractivity contribution in [1.29, 1.82) is 0 Å². The number of halogens is 3. The molecule has 0 atom stereocenters. The Labute approximate surface area is 135 Å². The lowest BCUT2D eigenvalue weighted by Gasteiger charge is -2.11. The molecule has 0 amide bonds. The molecule has 0 aromatic heterocycles. The number of para-hydroxylation sites is 1. The van der Waals surface area contributed by atoms with Gasteiger partial charge in [0.1, 0.15) is 4.90 Å². The highest BCUT2D eigenvalue weighted by Crippen LogP contribution is 2.28. The highest BCUT2D eigenvalue weighted by Gasteiger charge is 2.19. The Hall–Kier alpha value is -0.500. The van der Waals surface area contributed by atoms with Crippen molar-refractivity contribution in [3.8, 4) is 0 Å². The maximum atomic E-state index is 12.3. The van der Waals surface area contributed by atoms with Crippen LogP contribution in [0.15, 0.2) is 47.4 Å². The van der Waals surface area contributed by atoms with Crippen molar-refractivity contribution in [3.63, 3.8) is 0 Å². The predicted octanol–water partition coefficient (Wildman–Crippen LogP) is 4.40. The molecule has 0 spiro atoms. The van der Waals surface area contributed by atoms with Crippen LogP contribution < -0.4 is 4.72 Å². The number of hydrogen-bond acceptors (Lipinski definition) is 2. The Bertz CT molecular complexity index is 719. The van der Waals surface area contributed by atoms with Crippen LogP contribution >= 0.6 is 45.8 Å². The number of nitrogens with one attached hydrogen (secondary N) is 1. The van der Waals surface area contributed by atoms with Crippen LogP contribution in [0.25, 0.3) is 0 Å². The van der Waals surface area contributed by atoms with Crippen molar-refractivity contribution >= 4 is 61.5 Å². The lowest BCUT2D eigenvalue weighted by Crippen LogP contribution is -2.14. The average molecular weight is 428 g/mol. The van der Waals surface area contributed by atoms with Crippen molar-refractivity contribution < 1.29 is 8.42 Å². The van der Waals surface area contributed by atoms with Crippen molar-refractivity contribution in [1.82, 2.24) is 0 Å². The molecule has 7 heteroatoms. The third-order valence-electron chi connectivity index (χ3n) is 2.30. The minimum absolute atomic E-state index is 0.0404. The largest absolute Gasteiger partial charge is 0.279 e. The number of anilines is 1. The van der Waals surface area contributed by atoms with Gasteiger partial charge in [-0.3, -0.25) is 4.72 Å². The van der Waals surface area contributed by atoms with Crippen LogP contribution in [0.5, 0.6) is 0 Å². The van der Waals surface area contributed by atoms with Gasteiger partial charge in [0.15, 0.2) is 0 Å². The Morgan fingerprint density at radius 2 is 1.74 bits per heavy atom. The molecule has 0 aliphatic heterocycles. The molecule has 3 nitrogen and oxygen atoms in total. The minimum atomic E-state index is -3.76. The molecule has 0 radical (unpaired) electrons. The summed E-state index contributed by atoms with van der Waals surface area (Å²) in [5.74, 6) is 0. The minimum Gasteiger partial charge on any atom is -0.279 e. The molecule has 0 aliphatic carbocycles. The van der Waals surface area contributed by atoms with Gasteiger partial charge in [-0.05, 0) is 52.9 Å². The molecule has 0 fully saturated rings. The van der Waals surface area contributed by atoms with Crippen molar-refractivity contribution in [2.45, 2.75) is 4.90 Å². The summed E-state index contributed by atoms with van der Waals surface area (Å²) in [5, 5.41) is 0.440. The van der Waals surface area contributed by atoms with Gasteiger partial charge in [0, 0.05) is 8.59 Å². The molecule has 1 N–H and O–H groups in total. The van der Waals surface area contributed by atoms with Gasteiger partial charge in [0.2, 0.25) is 0 Å². The highest BCUT2D eigenvalue weighted by atomic mass is 127. The molecule has 2 aromatic rings. The van der Waals surface area contributed by atoms with Crippen LogP contribution in [0.2, 0.25) is 10.0 Å². The van der Waals surface area contributed by atoms with E-state index < -0.39 is 10.0 Å². The summed E-state index contributed by atoms with van der Waals surface area (Å²) in [7, 11) is -3.76. The molecular formula is C12H8Cl2INO2S. The van der Waals surface area contributed by atoms with E-state index in [4.69, 9.17) is 23.2 Å². The van der Waals surface area contributed by atoms with Crippen molar-refractivity contribution in [2.24, 2.45) is 0 Å². The third-order valence-corrected chi connectivity index (χ3v) is 5.32. The smallest absolute Gasteiger partial charge is 0.263 e. The fourth-order valence-electron chi connectivity index (χ4n) is 1.43. The zero-order valence-electron chi connectivity index (χ0n) is 9.40. The first kappa shape index (κ1) is 14.9. The summed E-state index contributed by atoms with van der Waals surface area (Å²) in [4.78, 5) is -0.0404. The third kappa shape index (κ3) is 3.53. The number of benzene rings is 2. The van der Waals surface area contributed by atoms with Crippen molar-refractivity contribution in [2.75, 3.05) is 4.72 Å². The first-order valence-electron chi connectivity index (χ1n) is 5.12. The van der Waals surface area contributed by atoms with Crippen LogP contribution in [0, 0.1) is 3.57 Å². The second kappa shape index (κ2) is 5.87. The Morgan fingerprint density at radius 1 is 1.05 bits per heavy atom.